The average molecular weight is 366 g/mol. The van der Waals surface area contributed by atoms with Gasteiger partial charge in [-0.25, -0.2) is 0 Å². The lowest BCUT2D eigenvalue weighted by Crippen LogP contribution is -2.36. The largest absolute Gasteiger partial charge is 0.318 e. The topological polar surface area (TPSA) is 89.0 Å². The summed E-state index contributed by atoms with van der Waals surface area (Å²) in [5.41, 5.74) is 0.783. The minimum absolute atomic E-state index is 0.0344. The minimum Gasteiger partial charge on any atom is -0.318 e. The number of ketones is 2. The van der Waals surface area contributed by atoms with Gasteiger partial charge in [0, 0.05) is 18.7 Å². The average Bonchev–Trinajstić information content (AvgIpc) is 2.57. The molecule has 0 atom stereocenters. The Bertz CT molecular complexity index is 1100. The number of carbonyl (C=O) groups excluding carboxylic acids is 2. The number of H-pyrrole nitrogens is 1. The summed E-state index contributed by atoms with van der Waals surface area (Å²) in [5, 5.41) is 0. The number of fused-ring (bicyclic) bond motifs is 2. The summed E-state index contributed by atoms with van der Waals surface area (Å²) in [6, 6.07) is 2.77. The lowest BCUT2D eigenvalue weighted by atomic mass is 9.83. The molecule has 0 aromatic carbocycles. The Balaban J connectivity index is 2.41. The van der Waals surface area contributed by atoms with Crippen molar-refractivity contribution in [3.63, 3.8) is 0 Å². The molecule has 0 unspecified atom stereocenters. The van der Waals surface area contributed by atoms with Crippen molar-refractivity contribution in [3.05, 3.63) is 78.6 Å². The highest BCUT2D eigenvalue weighted by Crippen LogP contribution is 2.30. The fraction of sp³-hybridized carbons (Fsp3) is 0.333. The van der Waals surface area contributed by atoms with E-state index in [1.165, 1.54) is 16.7 Å². The predicted molar refractivity (Wildman–Crippen MR) is 103 cm³/mol. The zero-order valence-electron chi connectivity index (χ0n) is 15.9. The van der Waals surface area contributed by atoms with Gasteiger partial charge >= 0.3 is 0 Å². The second kappa shape index (κ2) is 6.95. The number of aryl methyl sites for hydroxylation is 1. The molecule has 3 rings (SSSR count). The highest BCUT2D eigenvalue weighted by Gasteiger charge is 2.36. The first kappa shape index (κ1) is 18.8. The van der Waals surface area contributed by atoms with Crippen LogP contribution < -0.4 is 11.1 Å². The molecule has 0 spiro atoms. The van der Waals surface area contributed by atoms with E-state index >= 15 is 0 Å². The SMILES string of the molecule is C/C=C/Cn1c2c(c(CC(C)C)cc1=O)C(=O)c1c(C)cc(=O)[nH]c1C2=O. The van der Waals surface area contributed by atoms with Gasteiger partial charge in [0.15, 0.2) is 5.78 Å². The number of nitrogens with one attached hydrogen (secondary N) is 1. The predicted octanol–water partition coefficient (Wildman–Crippen LogP) is 2.40. The van der Waals surface area contributed by atoms with Crippen molar-refractivity contribution < 1.29 is 9.59 Å². The zero-order valence-corrected chi connectivity index (χ0v) is 15.9. The quantitative estimate of drug-likeness (QED) is 0.718. The maximum absolute atomic E-state index is 13.3. The van der Waals surface area contributed by atoms with Crippen LogP contribution in [0, 0.1) is 12.8 Å². The van der Waals surface area contributed by atoms with Gasteiger partial charge in [-0.05, 0) is 37.3 Å². The highest BCUT2D eigenvalue weighted by molar-refractivity contribution is 6.28. The second-order valence-electron chi connectivity index (χ2n) is 7.23. The van der Waals surface area contributed by atoms with Crippen molar-refractivity contribution in [2.24, 2.45) is 5.92 Å². The first-order valence-electron chi connectivity index (χ1n) is 8.97. The van der Waals surface area contributed by atoms with E-state index < -0.39 is 11.3 Å². The van der Waals surface area contributed by atoms with Crippen LogP contribution >= 0.6 is 0 Å². The van der Waals surface area contributed by atoms with E-state index in [1.54, 1.807) is 19.1 Å². The molecule has 0 aliphatic heterocycles. The third kappa shape index (κ3) is 3.12. The Morgan fingerprint density at radius 3 is 2.41 bits per heavy atom. The molecule has 1 aliphatic rings. The molecule has 2 heterocycles. The second-order valence-corrected chi connectivity index (χ2v) is 7.23. The van der Waals surface area contributed by atoms with Crippen molar-refractivity contribution in [2.45, 2.75) is 40.7 Å². The molecular weight excluding hydrogens is 344 g/mol. The van der Waals surface area contributed by atoms with Crippen molar-refractivity contribution in [2.75, 3.05) is 0 Å². The van der Waals surface area contributed by atoms with Gasteiger partial charge in [0.2, 0.25) is 11.3 Å². The maximum atomic E-state index is 13.3. The summed E-state index contributed by atoms with van der Waals surface area (Å²) in [5.74, 6) is -0.605. The van der Waals surface area contributed by atoms with Crippen LogP contribution in [0.2, 0.25) is 0 Å². The number of hydrogen-bond donors (Lipinski definition) is 1. The number of nitrogens with zero attached hydrogens (tertiary/aromatic N) is 1. The molecule has 0 fully saturated rings. The van der Waals surface area contributed by atoms with E-state index in [9.17, 15) is 19.2 Å². The third-order valence-corrected chi connectivity index (χ3v) is 4.68. The summed E-state index contributed by atoms with van der Waals surface area (Å²) >= 11 is 0. The van der Waals surface area contributed by atoms with Crippen molar-refractivity contribution in [1.82, 2.24) is 9.55 Å². The van der Waals surface area contributed by atoms with Crippen LogP contribution in [-0.2, 0) is 13.0 Å². The summed E-state index contributed by atoms with van der Waals surface area (Å²) in [7, 11) is 0. The van der Waals surface area contributed by atoms with Crippen LogP contribution in [0.1, 0.15) is 64.0 Å². The number of allylic oxidation sites excluding steroid dienone is 2. The molecule has 0 radical (unpaired) electrons. The monoisotopic (exact) mass is 366 g/mol. The Labute approximate surface area is 156 Å². The third-order valence-electron chi connectivity index (χ3n) is 4.68. The molecule has 27 heavy (non-hydrogen) atoms. The van der Waals surface area contributed by atoms with Gasteiger partial charge < -0.3 is 9.55 Å². The van der Waals surface area contributed by atoms with E-state index in [0.717, 1.165) is 0 Å². The van der Waals surface area contributed by atoms with Crippen LogP contribution in [0.4, 0.5) is 0 Å². The van der Waals surface area contributed by atoms with E-state index in [1.807, 2.05) is 20.8 Å². The van der Waals surface area contributed by atoms with Gasteiger partial charge in [0.25, 0.3) is 5.56 Å². The minimum atomic E-state index is -0.493. The number of aromatic amines is 1. The molecular formula is C21H22N2O4. The zero-order chi connectivity index (χ0) is 19.9. The van der Waals surface area contributed by atoms with Crippen LogP contribution in [0.15, 0.2) is 33.9 Å². The van der Waals surface area contributed by atoms with E-state index in [2.05, 4.69) is 4.98 Å². The van der Waals surface area contributed by atoms with Crippen molar-refractivity contribution in [1.29, 1.82) is 0 Å². The molecule has 2 aromatic heterocycles. The number of hydrogen-bond acceptors (Lipinski definition) is 4. The Kier molecular flexibility index (Phi) is 4.83. The molecule has 1 N–H and O–H groups in total. The fourth-order valence-electron chi connectivity index (χ4n) is 3.57. The standard InChI is InChI=1S/C21H22N2O4/c1-5-6-7-23-15(25)10-13(8-11(2)3)17-19(23)21(27)18-16(20(17)26)12(4)9-14(24)22-18/h5-6,9-11H,7-8H2,1-4H3,(H,22,24)/b6-5+. The molecule has 6 heteroatoms. The molecule has 2 aromatic rings. The van der Waals surface area contributed by atoms with Gasteiger partial charge in [-0.15, -0.1) is 0 Å². The molecule has 0 bridgehead atoms. The first-order valence-corrected chi connectivity index (χ1v) is 8.97. The van der Waals surface area contributed by atoms with Gasteiger partial charge in [-0.1, -0.05) is 26.0 Å². The smallest absolute Gasteiger partial charge is 0.251 e. The first-order chi connectivity index (χ1) is 12.8. The van der Waals surface area contributed by atoms with E-state index in [0.29, 0.717) is 17.5 Å². The fourth-order valence-corrected chi connectivity index (χ4v) is 3.57. The van der Waals surface area contributed by atoms with Gasteiger partial charge in [-0.3, -0.25) is 19.2 Å². The van der Waals surface area contributed by atoms with Crippen molar-refractivity contribution in [3.8, 4) is 0 Å². The Morgan fingerprint density at radius 2 is 1.78 bits per heavy atom. The summed E-state index contributed by atoms with van der Waals surface area (Å²) < 4.78 is 1.31. The lowest BCUT2D eigenvalue weighted by molar-refractivity contribution is 0.0965. The lowest BCUT2D eigenvalue weighted by Gasteiger charge is -2.24. The maximum Gasteiger partial charge on any atom is 0.251 e. The molecule has 1 aliphatic carbocycles. The number of rotatable bonds is 4. The molecule has 0 saturated heterocycles. The highest BCUT2D eigenvalue weighted by atomic mass is 16.2. The van der Waals surface area contributed by atoms with Gasteiger partial charge in [0.1, 0.15) is 11.4 Å². The normalized spacial score (nSPS) is 13.4. The summed E-state index contributed by atoms with van der Waals surface area (Å²) in [6.07, 6.45) is 4.03. The molecule has 0 saturated carbocycles. The Morgan fingerprint density at radius 1 is 1.07 bits per heavy atom. The van der Waals surface area contributed by atoms with Gasteiger partial charge in [0.05, 0.1) is 11.1 Å². The van der Waals surface area contributed by atoms with Gasteiger partial charge in [-0.2, -0.15) is 0 Å². The van der Waals surface area contributed by atoms with Crippen LogP contribution in [0.5, 0.6) is 0 Å². The van der Waals surface area contributed by atoms with Crippen LogP contribution in [0.25, 0.3) is 0 Å². The summed E-state index contributed by atoms with van der Waals surface area (Å²) in [6.45, 7) is 7.62. The number of aromatic nitrogens is 2. The Hall–Kier alpha value is -3.02. The molecule has 6 nitrogen and oxygen atoms in total. The molecule has 0 amide bonds. The number of carbonyl (C=O) groups is 2. The van der Waals surface area contributed by atoms with Crippen LogP contribution in [0.3, 0.4) is 0 Å². The number of pyridine rings is 2. The molecule has 140 valence electrons. The van der Waals surface area contributed by atoms with E-state index in [-0.39, 0.29) is 46.3 Å². The van der Waals surface area contributed by atoms with Crippen LogP contribution in [-0.4, -0.2) is 21.1 Å². The summed E-state index contributed by atoms with van der Waals surface area (Å²) in [4.78, 5) is 53.6. The van der Waals surface area contributed by atoms with E-state index in [4.69, 9.17) is 0 Å². The van der Waals surface area contributed by atoms with Crippen molar-refractivity contribution >= 4 is 11.6 Å².